The second-order valence-electron chi connectivity index (χ2n) is 4.47. The minimum atomic E-state index is -0.246. The standard InChI is InChI=1S/C13H18ClN5O/c1-2-8-19-13(20)12(14)10(9-18-19)15-5-3-4-11-16-6-7-17-11/h6-7,9,15H,2-5,8H2,1H3,(H,16,17). The molecule has 2 aromatic heterocycles. The number of hydrogen-bond acceptors (Lipinski definition) is 4. The van der Waals surface area contributed by atoms with E-state index in [2.05, 4.69) is 20.4 Å². The lowest BCUT2D eigenvalue weighted by molar-refractivity contribution is 0.568. The summed E-state index contributed by atoms with van der Waals surface area (Å²) in [6, 6.07) is 0. The zero-order valence-corrected chi connectivity index (χ0v) is 12.2. The van der Waals surface area contributed by atoms with Crippen molar-refractivity contribution in [3.8, 4) is 0 Å². The Morgan fingerprint density at radius 2 is 2.35 bits per heavy atom. The van der Waals surface area contributed by atoms with Gasteiger partial charge >= 0.3 is 0 Å². The van der Waals surface area contributed by atoms with Gasteiger partial charge < -0.3 is 10.3 Å². The van der Waals surface area contributed by atoms with Crippen LogP contribution in [0.3, 0.4) is 0 Å². The zero-order valence-electron chi connectivity index (χ0n) is 11.4. The number of H-pyrrole nitrogens is 1. The maximum absolute atomic E-state index is 11.9. The van der Waals surface area contributed by atoms with Crippen molar-refractivity contribution in [1.29, 1.82) is 0 Å². The summed E-state index contributed by atoms with van der Waals surface area (Å²) >= 11 is 6.06. The van der Waals surface area contributed by atoms with Gasteiger partial charge in [0.05, 0.1) is 11.9 Å². The Labute approximate surface area is 122 Å². The zero-order chi connectivity index (χ0) is 14.4. The Bertz CT molecular complexity index is 593. The molecule has 0 spiro atoms. The van der Waals surface area contributed by atoms with E-state index in [1.54, 1.807) is 18.6 Å². The minimum absolute atomic E-state index is 0.200. The summed E-state index contributed by atoms with van der Waals surface area (Å²) < 4.78 is 1.39. The van der Waals surface area contributed by atoms with Crippen LogP contribution < -0.4 is 10.9 Å². The minimum Gasteiger partial charge on any atom is -0.382 e. The van der Waals surface area contributed by atoms with Crippen molar-refractivity contribution in [1.82, 2.24) is 19.7 Å². The van der Waals surface area contributed by atoms with Crippen LogP contribution in [0.25, 0.3) is 0 Å². The maximum atomic E-state index is 11.9. The topological polar surface area (TPSA) is 75.6 Å². The van der Waals surface area contributed by atoms with Crippen molar-refractivity contribution < 1.29 is 0 Å². The molecule has 7 heteroatoms. The number of aromatic nitrogens is 4. The molecule has 0 aliphatic carbocycles. The van der Waals surface area contributed by atoms with Crippen LogP contribution in [-0.4, -0.2) is 26.3 Å². The lowest BCUT2D eigenvalue weighted by atomic mass is 10.3. The van der Waals surface area contributed by atoms with Crippen LogP contribution >= 0.6 is 11.6 Å². The van der Waals surface area contributed by atoms with Crippen molar-refractivity contribution in [3.63, 3.8) is 0 Å². The first-order valence-corrected chi connectivity index (χ1v) is 7.08. The Kier molecular flexibility index (Phi) is 5.17. The third-order valence-electron chi connectivity index (χ3n) is 2.88. The first-order valence-electron chi connectivity index (χ1n) is 6.70. The third kappa shape index (κ3) is 3.60. The molecule has 2 rings (SSSR count). The molecule has 0 amide bonds. The second kappa shape index (κ2) is 7.09. The molecule has 0 fully saturated rings. The quantitative estimate of drug-likeness (QED) is 0.767. The SMILES string of the molecule is CCCn1ncc(NCCCc2ncc[nH]2)c(Cl)c1=O. The Hall–Kier alpha value is -1.82. The first kappa shape index (κ1) is 14.6. The average Bonchev–Trinajstić information content (AvgIpc) is 2.95. The molecule has 0 saturated heterocycles. The summed E-state index contributed by atoms with van der Waals surface area (Å²) in [4.78, 5) is 19.1. The van der Waals surface area contributed by atoms with E-state index in [0.29, 0.717) is 18.8 Å². The molecule has 0 radical (unpaired) electrons. The van der Waals surface area contributed by atoms with Gasteiger partial charge in [-0.15, -0.1) is 0 Å². The number of rotatable bonds is 7. The fourth-order valence-electron chi connectivity index (χ4n) is 1.87. The van der Waals surface area contributed by atoms with Crippen molar-refractivity contribution in [2.24, 2.45) is 0 Å². The van der Waals surface area contributed by atoms with Crippen molar-refractivity contribution >= 4 is 17.3 Å². The molecule has 0 bridgehead atoms. The molecule has 0 aliphatic heterocycles. The number of nitrogens with one attached hydrogen (secondary N) is 2. The number of nitrogens with zero attached hydrogens (tertiary/aromatic N) is 3. The number of aryl methyl sites for hydroxylation is 2. The number of halogens is 1. The van der Waals surface area contributed by atoms with Crippen molar-refractivity contribution in [2.45, 2.75) is 32.7 Å². The van der Waals surface area contributed by atoms with E-state index in [9.17, 15) is 4.79 Å². The summed E-state index contributed by atoms with van der Waals surface area (Å²) in [5.74, 6) is 0.953. The van der Waals surface area contributed by atoms with E-state index in [1.807, 2.05) is 6.92 Å². The van der Waals surface area contributed by atoms with Crippen LogP contribution in [0.1, 0.15) is 25.6 Å². The third-order valence-corrected chi connectivity index (χ3v) is 3.25. The van der Waals surface area contributed by atoms with Gasteiger partial charge in [0.2, 0.25) is 0 Å². The number of hydrogen-bond donors (Lipinski definition) is 2. The summed E-state index contributed by atoms with van der Waals surface area (Å²) in [6.07, 6.45) is 7.72. The van der Waals surface area contributed by atoms with E-state index in [0.717, 1.165) is 25.1 Å². The number of anilines is 1. The molecule has 2 aromatic rings. The predicted octanol–water partition coefficient (Wildman–Crippen LogP) is 2.07. The van der Waals surface area contributed by atoms with E-state index in [-0.39, 0.29) is 10.6 Å². The maximum Gasteiger partial charge on any atom is 0.287 e. The second-order valence-corrected chi connectivity index (χ2v) is 4.84. The highest BCUT2D eigenvalue weighted by atomic mass is 35.5. The highest BCUT2D eigenvalue weighted by molar-refractivity contribution is 6.32. The van der Waals surface area contributed by atoms with Crippen LogP contribution in [-0.2, 0) is 13.0 Å². The monoisotopic (exact) mass is 295 g/mol. The van der Waals surface area contributed by atoms with Gasteiger partial charge in [0.15, 0.2) is 0 Å². The molecule has 0 atom stereocenters. The molecule has 0 aromatic carbocycles. The average molecular weight is 296 g/mol. The summed E-state index contributed by atoms with van der Waals surface area (Å²) in [5.41, 5.74) is 0.341. The smallest absolute Gasteiger partial charge is 0.287 e. The lowest BCUT2D eigenvalue weighted by Crippen LogP contribution is -2.24. The Morgan fingerprint density at radius 1 is 1.50 bits per heavy atom. The van der Waals surface area contributed by atoms with Crippen molar-refractivity contribution in [3.05, 3.63) is 39.8 Å². The van der Waals surface area contributed by atoms with Crippen LogP contribution in [0.4, 0.5) is 5.69 Å². The Morgan fingerprint density at radius 3 is 3.05 bits per heavy atom. The highest BCUT2D eigenvalue weighted by Gasteiger charge is 2.08. The molecular weight excluding hydrogens is 278 g/mol. The van der Waals surface area contributed by atoms with Crippen LogP contribution in [0.2, 0.25) is 5.02 Å². The largest absolute Gasteiger partial charge is 0.382 e. The van der Waals surface area contributed by atoms with Gasteiger partial charge in [0, 0.05) is 31.9 Å². The summed E-state index contributed by atoms with van der Waals surface area (Å²) in [6.45, 7) is 3.28. The Balaban J connectivity index is 1.89. The summed E-state index contributed by atoms with van der Waals surface area (Å²) in [5, 5.41) is 7.43. The van der Waals surface area contributed by atoms with Gasteiger partial charge in [-0.05, 0) is 12.8 Å². The van der Waals surface area contributed by atoms with E-state index in [1.165, 1.54) is 4.68 Å². The van der Waals surface area contributed by atoms with Gasteiger partial charge in [-0.25, -0.2) is 9.67 Å². The molecule has 0 saturated carbocycles. The molecule has 2 N–H and O–H groups in total. The normalized spacial score (nSPS) is 10.7. The van der Waals surface area contributed by atoms with E-state index < -0.39 is 0 Å². The van der Waals surface area contributed by atoms with Crippen LogP contribution in [0.5, 0.6) is 0 Å². The molecule has 6 nitrogen and oxygen atoms in total. The fraction of sp³-hybridized carbons (Fsp3) is 0.462. The summed E-state index contributed by atoms with van der Waals surface area (Å²) in [7, 11) is 0. The van der Waals surface area contributed by atoms with Gasteiger partial charge in [0.25, 0.3) is 5.56 Å². The van der Waals surface area contributed by atoms with E-state index >= 15 is 0 Å². The van der Waals surface area contributed by atoms with Gasteiger partial charge in [0.1, 0.15) is 10.8 Å². The van der Waals surface area contributed by atoms with Gasteiger partial charge in [-0.2, -0.15) is 5.10 Å². The molecule has 0 unspecified atom stereocenters. The lowest BCUT2D eigenvalue weighted by Gasteiger charge is -2.09. The van der Waals surface area contributed by atoms with Gasteiger partial charge in [-0.3, -0.25) is 4.79 Å². The highest BCUT2D eigenvalue weighted by Crippen LogP contribution is 2.15. The molecule has 20 heavy (non-hydrogen) atoms. The van der Waals surface area contributed by atoms with Gasteiger partial charge in [-0.1, -0.05) is 18.5 Å². The molecule has 0 aliphatic rings. The molecule has 2 heterocycles. The van der Waals surface area contributed by atoms with Crippen molar-refractivity contribution in [2.75, 3.05) is 11.9 Å². The van der Waals surface area contributed by atoms with E-state index in [4.69, 9.17) is 11.6 Å². The van der Waals surface area contributed by atoms with Crippen LogP contribution in [0.15, 0.2) is 23.4 Å². The molecular formula is C13H18ClN5O. The number of aromatic amines is 1. The van der Waals surface area contributed by atoms with Crippen LogP contribution in [0, 0.1) is 0 Å². The molecule has 108 valence electrons. The number of imidazole rings is 1. The fourth-order valence-corrected chi connectivity index (χ4v) is 2.09. The predicted molar refractivity (Wildman–Crippen MR) is 79.2 cm³/mol. The first-order chi connectivity index (χ1) is 9.72.